The minimum atomic E-state index is -0.439. The number of aromatic hydroxyl groups is 1. The van der Waals surface area contributed by atoms with Gasteiger partial charge in [-0.15, -0.1) is 0 Å². The summed E-state index contributed by atoms with van der Waals surface area (Å²) in [5, 5.41) is 13.5. The average molecular weight is 459 g/mol. The Labute approximate surface area is 196 Å². The molecule has 0 spiro atoms. The maximum atomic E-state index is 12.9. The molecule has 0 aromatic heterocycles. The Morgan fingerprint density at radius 1 is 1.18 bits per heavy atom. The van der Waals surface area contributed by atoms with Crippen LogP contribution in [-0.2, 0) is 21.5 Å². The van der Waals surface area contributed by atoms with E-state index in [1.807, 2.05) is 51.7 Å². The van der Waals surface area contributed by atoms with E-state index in [0.717, 1.165) is 30.5 Å². The Kier molecular flexibility index (Phi) is 7.67. The first-order valence-corrected chi connectivity index (χ1v) is 12.0. The van der Waals surface area contributed by atoms with Crippen molar-refractivity contribution in [1.82, 2.24) is 15.1 Å². The molecule has 33 heavy (non-hydrogen) atoms. The molecule has 0 saturated carbocycles. The normalized spacial score (nSPS) is 20.0. The maximum Gasteiger partial charge on any atom is 0.328 e. The molecule has 2 heterocycles. The molecule has 182 valence electrons. The first-order chi connectivity index (χ1) is 15.5. The third kappa shape index (κ3) is 5.66. The van der Waals surface area contributed by atoms with Crippen LogP contribution in [0.2, 0.25) is 0 Å². The number of anilines is 1. The van der Waals surface area contributed by atoms with Crippen LogP contribution in [-0.4, -0.2) is 65.5 Å². The predicted molar refractivity (Wildman–Crippen MR) is 128 cm³/mol. The highest BCUT2D eigenvalue weighted by atomic mass is 16.3. The Morgan fingerprint density at radius 2 is 1.88 bits per heavy atom. The second kappa shape index (κ2) is 10.1. The lowest BCUT2D eigenvalue weighted by Crippen LogP contribution is -2.49. The zero-order chi connectivity index (χ0) is 24.3. The highest BCUT2D eigenvalue weighted by Gasteiger charge is 2.31. The second-order valence-corrected chi connectivity index (χ2v) is 10.1. The van der Waals surface area contributed by atoms with Gasteiger partial charge in [0, 0.05) is 56.0 Å². The largest absolute Gasteiger partial charge is 0.507 e. The van der Waals surface area contributed by atoms with Gasteiger partial charge in [0.1, 0.15) is 5.75 Å². The van der Waals surface area contributed by atoms with Crippen molar-refractivity contribution >= 4 is 23.5 Å². The second-order valence-electron chi connectivity index (χ2n) is 10.1. The minimum absolute atomic E-state index is 0.0371. The molecule has 2 aliphatic heterocycles. The fourth-order valence-corrected chi connectivity index (χ4v) is 4.77. The molecule has 4 amide bonds. The quantitative estimate of drug-likeness (QED) is 0.683. The van der Waals surface area contributed by atoms with Crippen LogP contribution < -0.4 is 10.2 Å². The van der Waals surface area contributed by atoms with E-state index in [-0.39, 0.29) is 35.3 Å². The molecule has 2 N–H and O–H groups in total. The van der Waals surface area contributed by atoms with Crippen LogP contribution in [0.15, 0.2) is 12.1 Å². The number of imide groups is 1. The molecule has 2 fully saturated rings. The average Bonchev–Trinajstić information content (AvgIpc) is 2.75. The summed E-state index contributed by atoms with van der Waals surface area (Å²) in [6.07, 6.45) is 2.06. The summed E-state index contributed by atoms with van der Waals surface area (Å²) in [5.74, 6) is 0.123. The molecule has 0 bridgehead atoms. The summed E-state index contributed by atoms with van der Waals surface area (Å²) in [6, 6.07) is 3.25. The van der Waals surface area contributed by atoms with Gasteiger partial charge in [-0.05, 0) is 50.8 Å². The van der Waals surface area contributed by atoms with Crippen LogP contribution >= 0.6 is 0 Å². The first kappa shape index (κ1) is 25.0. The third-order valence-electron chi connectivity index (χ3n) is 6.67. The summed E-state index contributed by atoms with van der Waals surface area (Å²) in [4.78, 5) is 42.6. The van der Waals surface area contributed by atoms with Crippen LogP contribution in [0.4, 0.5) is 10.5 Å². The van der Waals surface area contributed by atoms with Crippen molar-refractivity contribution < 1.29 is 19.5 Å². The van der Waals surface area contributed by atoms with Gasteiger partial charge in [-0.2, -0.15) is 0 Å². The Morgan fingerprint density at radius 3 is 2.48 bits per heavy atom. The summed E-state index contributed by atoms with van der Waals surface area (Å²) >= 11 is 0. The zero-order valence-corrected chi connectivity index (χ0v) is 20.6. The van der Waals surface area contributed by atoms with Gasteiger partial charge in [-0.3, -0.25) is 24.7 Å². The number of amides is 4. The summed E-state index contributed by atoms with van der Waals surface area (Å²) in [5.41, 5.74) is 1.83. The number of phenolic OH excluding ortho intramolecular Hbond substituents is 1. The molecule has 1 aromatic carbocycles. The van der Waals surface area contributed by atoms with Crippen molar-refractivity contribution in [3.8, 4) is 5.75 Å². The van der Waals surface area contributed by atoms with Crippen molar-refractivity contribution in [2.75, 3.05) is 37.6 Å². The predicted octanol–water partition coefficient (Wildman–Crippen LogP) is 3.22. The fraction of sp³-hybridized carbons (Fsp3) is 0.640. The molecule has 8 nitrogen and oxygen atoms in total. The van der Waals surface area contributed by atoms with Gasteiger partial charge in [0.25, 0.3) is 0 Å². The highest BCUT2D eigenvalue weighted by Crippen LogP contribution is 2.38. The van der Waals surface area contributed by atoms with Gasteiger partial charge >= 0.3 is 6.03 Å². The number of urea groups is 1. The highest BCUT2D eigenvalue weighted by molar-refractivity contribution is 6.05. The van der Waals surface area contributed by atoms with Crippen molar-refractivity contribution in [3.63, 3.8) is 0 Å². The smallest absolute Gasteiger partial charge is 0.328 e. The van der Waals surface area contributed by atoms with E-state index < -0.39 is 6.03 Å². The van der Waals surface area contributed by atoms with E-state index >= 15 is 0 Å². The third-order valence-corrected chi connectivity index (χ3v) is 6.67. The topological polar surface area (TPSA) is 93.2 Å². The van der Waals surface area contributed by atoms with Gasteiger partial charge in [0.15, 0.2) is 0 Å². The van der Waals surface area contributed by atoms with Crippen molar-refractivity contribution in [2.45, 2.75) is 65.8 Å². The molecule has 8 heteroatoms. The number of benzene rings is 1. The number of hydrogen-bond donors (Lipinski definition) is 2. The molecular formula is C25H38N4O4. The lowest BCUT2D eigenvalue weighted by atomic mass is 9.84. The Hall–Kier alpha value is -2.61. The molecule has 2 saturated heterocycles. The van der Waals surface area contributed by atoms with Gasteiger partial charge in [-0.25, -0.2) is 4.79 Å². The summed E-state index contributed by atoms with van der Waals surface area (Å²) in [7, 11) is 0. The number of piperidine rings is 1. The van der Waals surface area contributed by atoms with Crippen LogP contribution in [0.3, 0.4) is 0 Å². The van der Waals surface area contributed by atoms with Gasteiger partial charge in [0.05, 0.1) is 5.92 Å². The van der Waals surface area contributed by atoms with Crippen molar-refractivity contribution in [2.24, 2.45) is 5.92 Å². The van der Waals surface area contributed by atoms with Crippen molar-refractivity contribution in [3.05, 3.63) is 23.3 Å². The van der Waals surface area contributed by atoms with Crippen LogP contribution in [0, 0.1) is 5.92 Å². The number of likely N-dealkylation sites (tertiary alicyclic amines) is 1. The molecule has 0 radical (unpaired) electrons. The van der Waals surface area contributed by atoms with E-state index in [9.17, 15) is 19.5 Å². The van der Waals surface area contributed by atoms with Crippen molar-refractivity contribution in [1.29, 1.82) is 0 Å². The fourth-order valence-electron chi connectivity index (χ4n) is 4.77. The number of phenols is 1. The minimum Gasteiger partial charge on any atom is -0.507 e. The molecule has 3 rings (SSSR count). The number of nitrogens with zero attached hydrogens (tertiary/aromatic N) is 3. The summed E-state index contributed by atoms with van der Waals surface area (Å²) in [6.45, 7) is 13.8. The lowest BCUT2D eigenvalue weighted by molar-refractivity contribution is -0.137. The van der Waals surface area contributed by atoms with Crippen LogP contribution in [0.5, 0.6) is 5.75 Å². The standard InChI is InChI=1S/C25H38N4O4/c1-6-28(7-2)23(32)17-9-8-11-27(15-17)16-18-13-19(14-20(22(18)31)25(3,4)5)29-12-10-21(30)26-24(29)33/h13-14,17,31H,6-12,15-16H2,1-5H3,(H,26,30,33). The van der Waals surface area contributed by atoms with Gasteiger partial charge in [0.2, 0.25) is 11.8 Å². The number of nitrogens with one attached hydrogen (secondary N) is 1. The molecule has 0 aliphatic carbocycles. The van der Waals surface area contributed by atoms with E-state index in [4.69, 9.17) is 0 Å². The zero-order valence-electron chi connectivity index (χ0n) is 20.6. The molecule has 1 aromatic rings. The number of hydrogen-bond acceptors (Lipinski definition) is 5. The number of carbonyl (C=O) groups excluding carboxylic acids is 3. The Bertz CT molecular complexity index is 904. The lowest BCUT2D eigenvalue weighted by Gasteiger charge is -2.35. The molecule has 1 atom stereocenters. The van der Waals surface area contributed by atoms with Crippen LogP contribution in [0.1, 0.15) is 65.0 Å². The van der Waals surface area contributed by atoms with E-state index in [1.165, 1.54) is 0 Å². The molecule has 1 unspecified atom stereocenters. The van der Waals surface area contributed by atoms with Gasteiger partial charge in [-0.1, -0.05) is 20.8 Å². The van der Waals surface area contributed by atoms with Gasteiger partial charge < -0.3 is 10.0 Å². The SMILES string of the molecule is CCN(CC)C(=O)C1CCCN(Cc2cc(N3CCC(=O)NC3=O)cc(C(C)(C)C)c2O)C1. The molecular weight excluding hydrogens is 420 g/mol. The number of carbonyl (C=O) groups is 3. The Balaban J connectivity index is 1.88. The maximum absolute atomic E-state index is 12.9. The van der Waals surface area contributed by atoms with E-state index in [0.29, 0.717) is 38.4 Å². The van der Waals surface area contributed by atoms with E-state index in [2.05, 4.69) is 10.2 Å². The molecule has 2 aliphatic rings. The summed E-state index contributed by atoms with van der Waals surface area (Å²) < 4.78 is 0. The van der Waals surface area contributed by atoms with Crippen LogP contribution in [0.25, 0.3) is 0 Å². The van der Waals surface area contributed by atoms with E-state index in [1.54, 1.807) is 4.90 Å². The monoisotopic (exact) mass is 458 g/mol. The first-order valence-electron chi connectivity index (χ1n) is 12.0. The number of rotatable bonds is 6.